The lowest BCUT2D eigenvalue weighted by atomic mass is 10.1. The van der Waals surface area contributed by atoms with Crippen molar-refractivity contribution in [2.45, 2.75) is 26.5 Å². The molecule has 1 aromatic heterocycles. The number of aryl methyl sites for hydroxylation is 1. The molecule has 0 saturated carbocycles. The number of aromatic nitrogens is 1. The van der Waals surface area contributed by atoms with E-state index in [1.807, 2.05) is 44.2 Å². The van der Waals surface area contributed by atoms with E-state index in [9.17, 15) is 4.79 Å². The van der Waals surface area contributed by atoms with Crippen molar-refractivity contribution >= 4 is 5.78 Å². The van der Waals surface area contributed by atoms with Crippen LogP contribution in [0, 0.1) is 13.8 Å². The molecule has 2 aliphatic heterocycles. The van der Waals surface area contributed by atoms with Crippen LogP contribution in [0.15, 0.2) is 30.3 Å². The lowest BCUT2D eigenvalue weighted by molar-refractivity contribution is 0.0371. The predicted molar refractivity (Wildman–Crippen MR) is 102 cm³/mol. The molecule has 0 bridgehead atoms. The molecule has 0 amide bonds. The van der Waals surface area contributed by atoms with Gasteiger partial charge in [-0.1, -0.05) is 12.1 Å². The minimum atomic E-state index is -0.0769. The zero-order chi connectivity index (χ0) is 18.8. The molecule has 0 radical (unpaired) electrons. The molecule has 0 aliphatic carbocycles. The van der Waals surface area contributed by atoms with Crippen LogP contribution in [0.4, 0.5) is 0 Å². The van der Waals surface area contributed by atoms with E-state index in [0.717, 1.165) is 41.5 Å². The number of benzene rings is 1. The molecule has 6 nitrogen and oxygen atoms in total. The maximum absolute atomic E-state index is 12.8. The number of ketones is 1. The van der Waals surface area contributed by atoms with Crippen molar-refractivity contribution in [1.82, 2.24) is 9.47 Å². The zero-order valence-electron chi connectivity index (χ0n) is 15.9. The number of nitrogens with zero attached hydrogens (tertiary/aromatic N) is 2. The highest BCUT2D eigenvalue weighted by Gasteiger charge is 2.24. The van der Waals surface area contributed by atoms with Gasteiger partial charge in [0.25, 0.3) is 0 Å². The summed E-state index contributed by atoms with van der Waals surface area (Å²) in [5.74, 6) is 1.73. The van der Waals surface area contributed by atoms with Crippen molar-refractivity contribution in [2.75, 3.05) is 39.5 Å². The molecule has 1 atom stereocenters. The van der Waals surface area contributed by atoms with Gasteiger partial charge in [-0.3, -0.25) is 9.69 Å². The minimum Gasteiger partial charge on any atom is -0.486 e. The molecule has 0 spiro atoms. The first-order chi connectivity index (χ1) is 13.1. The standard InChI is InChI=1S/C21H26N2O4/c1-15-11-18(19(24)13-22-7-9-25-10-8-22)16(2)23(15)12-17-14-26-20-5-3-4-6-21(20)27-17/h3-6,11,17H,7-10,12-14H2,1-2H3/t17-/m1/s1. The lowest BCUT2D eigenvalue weighted by Crippen LogP contribution is -2.39. The maximum Gasteiger partial charge on any atom is 0.178 e. The monoisotopic (exact) mass is 370 g/mol. The number of para-hydroxylation sites is 2. The summed E-state index contributed by atoms with van der Waals surface area (Å²) in [6.07, 6.45) is -0.0769. The van der Waals surface area contributed by atoms with Crippen LogP contribution >= 0.6 is 0 Å². The topological polar surface area (TPSA) is 52.9 Å². The number of morpholine rings is 1. The maximum atomic E-state index is 12.8. The first-order valence-corrected chi connectivity index (χ1v) is 9.50. The number of rotatable bonds is 5. The number of Topliss-reactive ketones (excluding diaryl/α,β-unsaturated/α-hetero) is 1. The summed E-state index contributed by atoms with van der Waals surface area (Å²) in [7, 11) is 0. The minimum absolute atomic E-state index is 0.0769. The van der Waals surface area contributed by atoms with Crippen molar-refractivity contribution in [3.05, 3.63) is 47.3 Å². The fraction of sp³-hybridized carbons (Fsp3) is 0.476. The number of carbonyl (C=O) groups is 1. The molecule has 1 fully saturated rings. The Kier molecular flexibility index (Phi) is 5.18. The van der Waals surface area contributed by atoms with Crippen LogP contribution in [0.5, 0.6) is 11.5 Å². The Labute approximate surface area is 159 Å². The largest absolute Gasteiger partial charge is 0.486 e. The second kappa shape index (κ2) is 7.74. The van der Waals surface area contributed by atoms with Gasteiger partial charge in [-0.25, -0.2) is 0 Å². The van der Waals surface area contributed by atoms with Gasteiger partial charge in [-0.2, -0.15) is 0 Å². The van der Waals surface area contributed by atoms with Gasteiger partial charge in [0.05, 0.1) is 26.3 Å². The van der Waals surface area contributed by atoms with Gasteiger partial charge in [-0.05, 0) is 32.0 Å². The molecule has 1 aromatic carbocycles. The number of fused-ring (bicyclic) bond motifs is 1. The van der Waals surface area contributed by atoms with Gasteiger partial charge < -0.3 is 18.8 Å². The van der Waals surface area contributed by atoms with Gasteiger partial charge in [0, 0.05) is 30.0 Å². The first kappa shape index (κ1) is 18.1. The van der Waals surface area contributed by atoms with Crippen LogP contribution < -0.4 is 9.47 Å². The van der Waals surface area contributed by atoms with E-state index >= 15 is 0 Å². The van der Waals surface area contributed by atoms with Crippen molar-refractivity contribution < 1.29 is 19.0 Å². The summed E-state index contributed by atoms with van der Waals surface area (Å²) in [5.41, 5.74) is 2.87. The number of hydrogen-bond donors (Lipinski definition) is 0. The highest BCUT2D eigenvalue weighted by Crippen LogP contribution is 2.31. The summed E-state index contributed by atoms with van der Waals surface area (Å²) < 4.78 is 19.4. The number of hydrogen-bond acceptors (Lipinski definition) is 5. The van der Waals surface area contributed by atoms with Gasteiger partial charge >= 0.3 is 0 Å². The Hall–Kier alpha value is -2.31. The molecule has 27 heavy (non-hydrogen) atoms. The average Bonchev–Trinajstić information content (AvgIpc) is 2.97. The van der Waals surface area contributed by atoms with Crippen LogP contribution in [0.2, 0.25) is 0 Å². The third-order valence-corrected chi connectivity index (χ3v) is 5.30. The summed E-state index contributed by atoms with van der Waals surface area (Å²) >= 11 is 0. The van der Waals surface area contributed by atoms with Crippen molar-refractivity contribution in [3.8, 4) is 11.5 Å². The molecule has 144 valence electrons. The van der Waals surface area contributed by atoms with E-state index in [-0.39, 0.29) is 11.9 Å². The highest BCUT2D eigenvalue weighted by molar-refractivity contribution is 5.99. The molecular weight excluding hydrogens is 344 g/mol. The van der Waals surface area contributed by atoms with E-state index < -0.39 is 0 Å². The van der Waals surface area contributed by atoms with Crippen molar-refractivity contribution in [2.24, 2.45) is 0 Å². The number of carbonyl (C=O) groups excluding carboxylic acids is 1. The summed E-state index contributed by atoms with van der Waals surface area (Å²) in [6, 6.07) is 9.72. The predicted octanol–water partition coefficient (Wildman–Crippen LogP) is 2.46. The van der Waals surface area contributed by atoms with Gasteiger partial charge in [0.15, 0.2) is 23.4 Å². The Balaban J connectivity index is 1.45. The van der Waals surface area contributed by atoms with Crippen LogP contribution in [-0.4, -0.2) is 60.8 Å². The molecule has 4 rings (SSSR count). The van der Waals surface area contributed by atoms with Crippen LogP contribution in [0.3, 0.4) is 0 Å². The van der Waals surface area contributed by atoms with E-state index in [1.165, 1.54) is 0 Å². The highest BCUT2D eigenvalue weighted by atomic mass is 16.6. The summed E-state index contributed by atoms with van der Waals surface area (Å²) in [4.78, 5) is 15.0. The fourth-order valence-electron chi connectivity index (χ4n) is 3.77. The quantitative estimate of drug-likeness (QED) is 0.757. The van der Waals surface area contributed by atoms with Gasteiger partial charge in [-0.15, -0.1) is 0 Å². The van der Waals surface area contributed by atoms with Gasteiger partial charge in [0.2, 0.25) is 0 Å². The van der Waals surface area contributed by atoms with E-state index in [0.29, 0.717) is 32.9 Å². The van der Waals surface area contributed by atoms with E-state index in [2.05, 4.69) is 9.47 Å². The van der Waals surface area contributed by atoms with Crippen molar-refractivity contribution in [3.63, 3.8) is 0 Å². The molecule has 2 aliphatic rings. The van der Waals surface area contributed by atoms with E-state index in [4.69, 9.17) is 14.2 Å². The molecule has 6 heteroatoms. The smallest absolute Gasteiger partial charge is 0.178 e. The van der Waals surface area contributed by atoms with Crippen molar-refractivity contribution in [1.29, 1.82) is 0 Å². The Morgan fingerprint density at radius 1 is 1.15 bits per heavy atom. The first-order valence-electron chi connectivity index (χ1n) is 9.50. The normalized spacial score (nSPS) is 19.9. The summed E-state index contributed by atoms with van der Waals surface area (Å²) in [6.45, 7) is 8.70. The third-order valence-electron chi connectivity index (χ3n) is 5.30. The van der Waals surface area contributed by atoms with E-state index in [1.54, 1.807) is 0 Å². The third kappa shape index (κ3) is 3.87. The Morgan fingerprint density at radius 2 is 1.89 bits per heavy atom. The van der Waals surface area contributed by atoms with Crippen LogP contribution in [0.1, 0.15) is 21.7 Å². The number of ether oxygens (including phenoxy) is 3. The Bertz CT molecular complexity index is 824. The molecule has 0 N–H and O–H groups in total. The molecule has 3 heterocycles. The summed E-state index contributed by atoms with van der Waals surface area (Å²) in [5, 5.41) is 0. The molecule has 2 aromatic rings. The lowest BCUT2D eigenvalue weighted by Gasteiger charge is -2.27. The average molecular weight is 370 g/mol. The van der Waals surface area contributed by atoms with Gasteiger partial charge in [0.1, 0.15) is 6.61 Å². The van der Waals surface area contributed by atoms with Crippen LogP contribution in [0.25, 0.3) is 0 Å². The SMILES string of the molecule is Cc1cc(C(=O)CN2CCOCC2)c(C)n1C[C@@H]1COc2ccccc2O1. The van der Waals surface area contributed by atoms with Crippen LogP contribution in [-0.2, 0) is 11.3 Å². The zero-order valence-corrected chi connectivity index (χ0v) is 15.9. The fourth-order valence-corrected chi connectivity index (χ4v) is 3.77. The Morgan fingerprint density at radius 3 is 2.67 bits per heavy atom. The molecular formula is C21H26N2O4. The second-order valence-electron chi connectivity index (χ2n) is 7.20. The second-order valence-corrected chi connectivity index (χ2v) is 7.20. The molecule has 1 saturated heterocycles. The molecule has 0 unspecified atom stereocenters.